The number of carbonyl (C=O) groups is 2. The van der Waals surface area contributed by atoms with Crippen molar-refractivity contribution in [3.8, 4) is 5.75 Å². The fourth-order valence-corrected chi connectivity index (χ4v) is 9.45. The fourth-order valence-electron chi connectivity index (χ4n) is 5.17. The number of halogens is 6. The Bertz CT molecular complexity index is 1360. The van der Waals surface area contributed by atoms with Crippen LogP contribution in [0.1, 0.15) is 50.8 Å². The lowest BCUT2D eigenvalue weighted by Crippen LogP contribution is -2.39. The van der Waals surface area contributed by atoms with Crippen LogP contribution in [0.2, 0.25) is 24.7 Å². The van der Waals surface area contributed by atoms with E-state index in [9.17, 15) is 22.8 Å². The first kappa shape index (κ1) is 33.4. The Hall–Kier alpha value is -1.15. The molecule has 2 atom stereocenters. The van der Waals surface area contributed by atoms with E-state index >= 15 is 0 Å². The van der Waals surface area contributed by atoms with Crippen LogP contribution in [0.15, 0.2) is 10.5 Å². The number of rotatable bonds is 5. The molecule has 0 aromatic heterocycles. The van der Waals surface area contributed by atoms with Gasteiger partial charge in [0.25, 0.3) is 0 Å². The highest BCUT2D eigenvalue weighted by Gasteiger charge is 2.44. The van der Waals surface area contributed by atoms with Gasteiger partial charge in [-0.05, 0) is 73.7 Å². The smallest absolute Gasteiger partial charge is 0.421 e. The summed E-state index contributed by atoms with van der Waals surface area (Å²) in [7, 11) is 5.02. The highest BCUT2D eigenvalue weighted by atomic mass is 127. The van der Waals surface area contributed by atoms with Gasteiger partial charge in [-0.2, -0.15) is 13.2 Å². The number of hydrogen-bond acceptors (Lipinski definition) is 5. The molecule has 12 heteroatoms. The summed E-state index contributed by atoms with van der Waals surface area (Å²) in [5.74, 6) is -0.331. The van der Waals surface area contributed by atoms with Gasteiger partial charge in [0.1, 0.15) is 17.4 Å². The highest BCUT2D eigenvalue weighted by molar-refractivity contribution is 14.1. The third kappa shape index (κ3) is 6.00. The summed E-state index contributed by atoms with van der Waals surface area (Å²) in [5, 5.41) is 2.13. The Morgan fingerprint density at radius 2 is 1.70 bits per heavy atom. The van der Waals surface area contributed by atoms with Gasteiger partial charge in [-0.15, -0.1) is 0 Å². The molecule has 2 aliphatic rings. The van der Waals surface area contributed by atoms with Gasteiger partial charge < -0.3 is 14.4 Å². The van der Waals surface area contributed by atoms with Gasteiger partial charge in [-0.25, -0.2) is 0 Å². The monoisotopic (exact) mass is 773 g/mol. The standard InChI is InChI=1S/C16H24ClNOSi.C12H9BrF3IO3/c1-7-10-8-11-14(16(10)19)12(18(2)3)9-13(15(11)17)20(4,5)6;1-19-5-3-4-6(10(5)18)8(13)7(12(14,15)16)11(20-2)9(4)17/h9-10H,7-8H2,1-6H3;5H,3H2,1-2H3. The number of methoxy groups -OCH3 is 2. The van der Waals surface area contributed by atoms with Crippen molar-refractivity contribution < 1.29 is 32.2 Å². The molecule has 0 amide bonds. The number of fused-ring (bicyclic) bond motifs is 2. The molecule has 0 aliphatic heterocycles. The average Bonchev–Trinajstić information content (AvgIpc) is 3.37. The maximum atomic E-state index is 13.2. The fraction of sp³-hybridized carbons (Fsp3) is 0.500. The van der Waals surface area contributed by atoms with Gasteiger partial charge in [-0.3, -0.25) is 9.59 Å². The Morgan fingerprint density at radius 3 is 2.15 bits per heavy atom. The molecule has 2 aromatic rings. The van der Waals surface area contributed by atoms with E-state index in [-0.39, 0.29) is 33.9 Å². The maximum Gasteiger partial charge on any atom is 0.421 e. The minimum atomic E-state index is -4.62. The molecule has 0 radical (unpaired) electrons. The zero-order valence-corrected chi connectivity index (χ0v) is 29.2. The van der Waals surface area contributed by atoms with Crippen LogP contribution in [0.25, 0.3) is 0 Å². The lowest BCUT2D eigenvalue weighted by Gasteiger charge is -2.25. The van der Waals surface area contributed by atoms with Crippen molar-refractivity contribution in [3.05, 3.63) is 46.9 Å². The zero-order valence-electron chi connectivity index (χ0n) is 23.7. The number of hydrogen-bond donors (Lipinski definition) is 0. The molecule has 0 heterocycles. The predicted molar refractivity (Wildman–Crippen MR) is 168 cm³/mol. The second-order valence-electron chi connectivity index (χ2n) is 11.1. The highest BCUT2D eigenvalue weighted by Crippen LogP contribution is 2.49. The predicted octanol–water partition coefficient (Wildman–Crippen LogP) is 7.55. The van der Waals surface area contributed by atoms with Crippen LogP contribution >= 0.6 is 50.1 Å². The normalized spacial score (nSPS) is 18.4. The zero-order chi connectivity index (χ0) is 30.5. The van der Waals surface area contributed by atoms with Crippen molar-refractivity contribution >= 4 is 80.6 Å². The van der Waals surface area contributed by atoms with Crippen LogP contribution in [-0.4, -0.2) is 54.1 Å². The number of carbonyl (C=O) groups excluding carboxylic acids is 2. The Labute approximate surface area is 261 Å². The molecule has 0 N–H and O–H groups in total. The third-order valence-corrected chi connectivity index (χ3v) is 11.9. The number of Topliss-reactive ketones (excluding diaryl/α,β-unsaturated/α-hetero) is 2. The van der Waals surface area contributed by atoms with E-state index in [1.807, 2.05) is 14.1 Å². The van der Waals surface area contributed by atoms with Crippen molar-refractivity contribution in [2.45, 2.75) is 58.1 Å². The number of benzene rings is 2. The molecule has 2 aromatic carbocycles. The van der Waals surface area contributed by atoms with E-state index in [0.29, 0.717) is 9.13 Å². The molecular formula is C28H33BrClF3INO4Si. The van der Waals surface area contributed by atoms with Crippen LogP contribution in [-0.2, 0) is 23.8 Å². The van der Waals surface area contributed by atoms with Crippen molar-refractivity contribution in [3.63, 3.8) is 0 Å². The molecule has 5 nitrogen and oxygen atoms in total. The van der Waals surface area contributed by atoms with Gasteiger partial charge in [0.2, 0.25) is 0 Å². The molecule has 0 saturated carbocycles. The van der Waals surface area contributed by atoms with Crippen LogP contribution in [0.5, 0.6) is 5.75 Å². The Kier molecular flexibility index (Phi) is 10.2. The number of ketones is 2. The van der Waals surface area contributed by atoms with E-state index < -0.39 is 31.7 Å². The lowest BCUT2D eigenvalue weighted by molar-refractivity contribution is -0.139. The van der Waals surface area contributed by atoms with Gasteiger partial charge in [0.15, 0.2) is 11.6 Å². The van der Waals surface area contributed by atoms with Gasteiger partial charge in [0.05, 0.1) is 18.8 Å². The second kappa shape index (κ2) is 12.2. The van der Waals surface area contributed by atoms with Crippen molar-refractivity contribution in [1.29, 1.82) is 0 Å². The van der Waals surface area contributed by atoms with Crippen LogP contribution in [0.4, 0.5) is 18.9 Å². The summed E-state index contributed by atoms with van der Waals surface area (Å²) < 4.78 is 49.5. The first-order valence-corrected chi connectivity index (χ1v) is 18.5. The first-order chi connectivity index (χ1) is 18.4. The summed E-state index contributed by atoms with van der Waals surface area (Å²) in [6.07, 6.45) is -3.43. The summed E-state index contributed by atoms with van der Waals surface area (Å²) in [4.78, 5) is 26.8. The van der Waals surface area contributed by atoms with Crippen LogP contribution in [0, 0.1) is 9.49 Å². The van der Waals surface area contributed by atoms with Gasteiger partial charge in [-0.1, -0.05) is 38.2 Å². The molecule has 2 unspecified atom stereocenters. The molecule has 2 aliphatic carbocycles. The van der Waals surface area contributed by atoms with Gasteiger partial charge >= 0.3 is 6.18 Å². The van der Waals surface area contributed by atoms with E-state index in [1.54, 1.807) is 22.6 Å². The van der Waals surface area contributed by atoms with Crippen LogP contribution < -0.4 is 14.8 Å². The summed E-state index contributed by atoms with van der Waals surface area (Å²) in [5.41, 5.74) is 2.60. The van der Waals surface area contributed by atoms with Crippen LogP contribution in [0.3, 0.4) is 0 Å². The number of ether oxygens (including phenoxy) is 2. The SMILES string of the molecule is CCC1Cc2c(Cl)c([Si](C)(C)C)cc(N(C)C)c2C1=O.COc1c(I)c2c(c(Br)c1C(F)(F)F)C(=O)C(OC)C2. The van der Waals surface area contributed by atoms with Gasteiger partial charge in [0, 0.05) is 59.9 Å². The number of nitrogens with zero attached hydrogens (tertiary/aromatic N) is 1. The molecular weight excluding hydrogens is 742 g/mol. The Balaban J connectivity index is 0.000000220. The van der Waals surface area contributed by atoms with Crippen molar-refractivity contribution in [2.24, 2.45) is 5.92 Å². The lowest BCUT2D eigenvalue weighted by atomic mass is 10.0. The second-order valence-corrected chi connectivity index (χ2v) is 18.4. The minimum absolute atomic E-state index is 0.0365. The summed E-state index contributed by atoms with van der Waals surface area (Å²) in [6.45, 7) is 8.98. The molecule has 0 spiro atoms. The quantitative estimate of drug-likeness (QED) is 0.232. The molecule has 0 fully saturated rings. The molecule has 0 saturated heterocycles. The largest absolute Gasteiger partial charge is 0.495 e. The minimum Gasteiger partial charge on any atom is -0.495 e. The van der Waals surface area contributed by atoms with E-state index in [1.165, 1.54) is 19.4 Å². The van der Waals surface area contributed by atoms with E-state index in [2.05, 4.69) is 53.5 Å². The van der Waals surface area contributed by atoms with E-state index in [4.69, 9.17) is 21.1 Å². The summed E-state index contributed by atoms with van der Waals surface area (Å²) >= 11 is 11.3. The Morgan fingerprint density at radius 1 is 1.10 bits per heavy atom. The number of anilines is 1. The molecule has 4 rings (SSSR count). The van der Waals surface area contributed by atoms with Crippen molar-refractivity contribution in [1.82, 2.24) is 0 Å². The molecule has 220 valence electrons. The topological polar surface area (TPSA) is 55.8 Å². The maximum absolute atomic E-state index is 13.2. The third-order valence-electron chi connectivity index (χ3n) is 7.32. The molecule has 40 heavy (non-hydrogen) atoms. The molecule has 0 bridgehead atoms. The van der Waals surface area contributed by atoms with Crippen molar-refractivity contribution in [2.75, 3.05) is 33.2 Å². The van der Waals surface area contributed by atoms with E-state index in [0.717, 1.165) is 34.7 Å². The first-order valence-electron chi connectivity index (χ1n) is 12.7. The summed E-state index contributed by atoms with van der Waals surface area (Å²) in [6, 6.07) is 2.16. The number of alkyl halides is 3. The average molecular weight is 775 g/mol.